The van der Waals surface area contributed by atoms with E-state index in [2.05, 4.69) is 4.98 Å². The molecule has 4 unspecified atom stereocenters. The maximum absolute atomic E-state index is 13.3. The third-order valence-electron chi connectivity index (χ3n) is 6.36. The van der Waals surface area contributed by atoms with E-state index in [-0.39, 0.29) is 35.8 Å². The SMILES string of the molecule is Cc1ccccc1C(=O)OC1CCC2C(=O)C(c3nc4ccccc4s3)=COC2C1C. The molecule has 3 aromatic rings. The number of allylic oxidation sites excluding steroid dienone is 1. The number of ether oxygens (including phenoxy) is 2. The summed E-state index contributed by atoms with van der Waals surface area (Å²) in [5.41, 5.74) is 2.90. The predicted molar refractivity (Wildman–Crippen MR) is 120 cm³/mol. The Balaban J connectivity index is 1.34. The number of fused-ring (bicyclic) bond motifs is 2. The Morgan fingerprint density at radius 1 is 1.13 bits per heavy atom. The first kappa shape index (κ1) is 19.9. The average molecular weight is 434 g/mol. The van der Waals surface area contributed by atoms with Gasteiger partial charge in [-0.15, -0.1) is 11.3 Å². The van der Waals surface area contributed by atoms with Crippen molar-refractivity contribution in [3.8, 4) is 0 Å². The number of aromatic nitrogens is 1. The van der Waals surface area contributed by atoms with Crippen molar-refractivity contribution in [1.29, 1.82) is 0 Å². The molecule has 2 heterocycles. The quantitative estimate of drug-likeness (QED) is 0.532. The highest BCUT2D eigenvalue weighted by Gasteiger charge is 2.46. The predicted octanol–water partition coefficient (Wildman–Crippen LogP) is 5.19. The van der Waals surface area contributed by atoms with Crippen LogP contribution in [0.1, 0.15) is 40.7 Å². The number of esters is 1. The largest absolute Gasteiger partial charge is 0.496 e. The highest BCUT2D eigenvalue weighted by molar-refractivity contribution is 7.19. The number of nitrogens with zero attached hydrogens (tertiary/aromatic N) is 1. The molecule has 0 radical (unpaired) electrons. The van der Waals surface area contributed by atoms with E-state index < -0.39 is 0 Å². The molecule has 0 saturated heterocycles. The average Bonchev–Trinajstić information content (AvgIpc) is 3.20. The number of hydrogen-bond acceptors (Lipinski definition) is 6. The number of Topliss-reactive ketones (excluding diaryl/α,β-unsaturated/α-hetero) is 1. The highest BCUT2D eigenvalue weighted by Crippen LogP contribution is 2.41. The van der Waals surface area contributed by atoms with Crippen LogP contribution in [0.5, 0.6) is 0 Å². The monoisotopic (exact) mass is 433 g/mol. The van der Waals surface area contributed by atoms with Gasteiger partial charge >= 0.3 is 5.97 Å². The molecule has 5 rings (SSSR count). The van der Waals surface area contributed by atoms with Crippen LogP contribution in [0.4, 0.5) is 0 Å². The smallest absolute Gasteiger partial charge is 0.338 e. The molecule has 0 amide bonds. The second-order valence-electron chi connectivity index (χ2n) is 8.28. The molecule has 1 aliphatic carbocycles. The van der Waals surface area contributed by atoms with E-state index in [1.54, 1.807) is 12.3 Å². The summed E-state index contributed by atoms with van der Waals surface area (Å²) in [5, 5.41) is 0.699. The van der Waals surface area contributed by atoms with Crippen LogP contribution < -0.4 is 0 Å². The molecule has 0 bridgehead atoms. The van der Waals surface area contributed by atoms with Crippen LogP contribution in [0.2, 0.25) is 0 Å². The third kappa shape index (κ3) is 3.55. The van der Waals surface area contributed by atoms with Gasteiger partial charge in [0.25, 0.3) is 0 Å². The molecule has 1 fully saturated rings. The summed E-state index contributed by atoms with van der Waals surface area (Å²) in [6.45, 7) is 3.89. The first-order chi connectivity index (χ1) is 15.0. The molecule has 2 aliphatic rings. The molecular weight excluding hydrogens is 410 g/mol. The number of rotatable bonds is 3. The van der Waals surface area contributed by atoms with Gasteiger partial charge in [0.15, 0.2) is 5.78 Å². The summed E-state index contributed by atoms with van der Waals surface area (Å²) < 4.78 is 13.0. The summed E-state index contributed by atoms with van der Waals surface area (Å²) in [6.07, 6.45) is 2.25. The Kier molecular flexibility index (Phi) is 5.10. The van der Waals surface area contributed by atoms with Gasteiger partial charge < -0.3 is 9.47 Å². The number of para-hydroxylation sites is 1. The molecule has 0 N–H and O–H groups in total. The van der Waals surface area contributed by atoms with Crippen LogP contribution in [0.25, 0.3) is 15.8 Å². The fourth-order valence-corrected chi connectivity index (χ4v) is 5.54. The molecule has 1 aliphatic heterocycles. The third-order valence-corrected chi connectivity index (χ3v) is 7.43. The Hall–Kier alpha value is -2.99. The van der Waals surface area contributed by atoms with Crippen LogP contribution in [0, 0.1) is 18.8 Å². The maximum Gasteiger partial charge on any atom is 0.338 e. The molecule has 31 heavy (non-hydrogen) atoms. The minimum atomic E-state index is -0.318. The topological polar surface area (TPSA) is 65.5 Å². The molecule has 1 aromatic heterocycles. The molecule has 1 saturated carbocycles. The number of carbonyl (C=O) groups is 2. The van der Waals surface area contributed by atoms with Crippen LogP contribution in [-0.4, -0.2) is 28.9 Å². The second kappa shape index (κ2) is 7.93. The second-order valence-corrected chi connectivity index (χ2v) is 9.32. The van der Waals surface area contributed by atoms with E-state index in [1.807, 2.05) is 56.3 Å². The molecule has 4 atom stereocenters. The fraction of sp³-hybridized carbons (Fsp3) is 0.320. The van der Waals surface area contributed by atoms with Gasteiger partial charge in [-0.2, -0.15) is 0 Å². The van der Waals surface area contributed by atoms with Gasteiger partial charge in [0.05, 0.1) is 33.5 Å². The number of hydrogen-bond donors (Lipinski definition) is 0. The van der Waals surface area contributed by atoms with Crippen molar-refractivity contribution in [1.82, 2.24) is 4.98 Å². The number of thiazole rings is 1. The van der Waals surface area contributed by atoms with Crippen molar-refractivity contribution in [3.63, 3.8) is 0 Å². The van der Waals surface area contributed by atoms with E-state index in [1.165, 1.54) is 11.3 Å². The van der Waals surface area contributed by atoms with Gasteiger partial charge in [0.1, 0.15) is 17.2 Å². The van der Waals surface area contributed by atoms with Crippen LogP contribution >= 0.6 is 11.3 Å². The van der Waals surface area contributed by atoms with E-state index in [0.717, 1.165) is 15.8 Å². The Labute approximate surface area is 184 Å². The van der Waals surface area contributed by atoms with E-state index >= 15 is 0 Å². The molecule has 158 valence electrons. The van der Waals surface area contributed by atoms with Crippen LogP contribution in [-0.2, 0) is 14.3 Å². The lowest BCUT2D eigenvalue weighted by atomic mass is 9.73. The van der Waals surface area contributed by atoms with Gasteiger partial charge in [0, 0.05) is 5.92 Å². The lowest BCUT2D eigenvalue weighted by Crippen LogP contribution is -2.48. The van der Waals surface area contributed by atoms with Crippen LogP contribution in [0.15, 0.2) is 54.8 Å². The maximum atomic E-state index is 13.3. The Bertz CT molecular complexity index is 1160. The minimum Gasteiger partial charge on any atom is -0.496 e. The number of ketones is 1. The van der Waals surface area contributed by atoms with E-state index in [0.29, 0.717) is 29.0 Å². The zero-order chi connectivity index (χ0) is 21.5. The summed E-state index contributed by atoms with van der Waals surface area (Å²) >= 11 is 1.51. The van der Waals surface area contributed by atoms with Crippen molar-refractivity contribution in [2.75, 3.05) is 0 Å². The first-order valence-electron chi connectivity index (χ1n) is 10.6. The molecule has 0 spiro atoms. The normalized spacial score (nSPS) is 25.5. The number of benzene rings is 2. The lowest BCUT2D eigenvalue weighted by molar-refractivity contribution is -0.131. The first-order valence-corrected chi connectivity index (χ1v) is 11.4. The van der Waals surface area contributed by atoms with Crippen LogP contribution in [0.3, 0.4) is 0 Å². The van der Waals surface area contributed by atoms with Gasteiger partial charge in [-0.1, -0.05) is 37.3 Å². The summed E-state index contributed by atoms with van der Waals surface area (Å²) in [6, 6.07) is 15.3. The Morgan fingerprint density at radius 2 is 1.90 bits per heavy atom. The van der Waals surface area contributed by atoms with E-state index in [4.69, 9.17) is 9.47 Å². The van der Waals surface area contributed by atoms with Gasteiger partial charge in [-0.3, -0.25) is 4.79 Å². The summed E-state index contributed by atoms with van der Waals surface area (Å²) in [4.78, 5) is 30.6. The molecular formula is C25H23NO4S. The lowest BCUT2D eigenvalue weighted by Gasteiger charge is -2.41. The standard InChI is InChI=1S/C25H23NO4S/c1-14-7-3-4-8-16(14)25(28)30-20-12-11-17-22(27)18(13-29-23(17)15(20)2)24-26-19-9-5-6-10-21(19)31-24/h3-10,13,15,17,20,23H,11-12H2,1-2H3. The summed E-state index contributed by atoms with van der Waals surface area (Å²) in [5.74, 6) is -0.564. The van der Waals surface area contributed by atoms with Crippen molar-refractivity contribution in [3.05, 3.63) is 70.9 Å². The Morgan fingerprint density at radius 3 is 2.71 bits per heavy atom. The molecule has 5 nitrogen and oxygen atoms in total. The van der Waals surface area contributed by atoms with Gasteiger partial charge in [-0.05, 0) is 43.5 Å². The highest BCUT2D eigenvalue weighted by atomic mass is 32.1. The van der Waals surface area contributed by atoms with Gasteiger partial charge in [-0.25, -0.2) is 9.78 Å². The minimum absolute atomic E-state index is 0.0748. The molecule has 2 aromatic carbocycles. The number of carbonyl (C=O) groups excluding carboxylic acids is 2. The van der Waals surface area contributed by atoms with Crippen molar-refractivity contribution in [2.45, 2.75) is 38.9 Å². The van der Waals surface area contributed by atoms with Crippen molar-refractivity contribution in [2.24, 2.45) is 11.8 Å². The van der Waals surface area contributed by atoms with E-state index in [9.17, 15) is 9.59 Å². The zero-order valence-electron chi connectivity index (χ0n) is 17.4. The number of aryl methyl sites for hydroxylation is 1. The fourth-order valence-electron chi connectivity index (χ4n) is 4.56. The zero-order valence-corrected chi connectivity index (χ0v) is 18.2. The summed E-state index contributed by atoms with van der Waals surface area (Å²) in [7, 11) is 0. The molecule has 6 heteroatoms. The van der Waals surface area contributed by atoms with Crippen molar-refractivity contribution < 1.29 is 19.1 Å². The van der Waals surface area contributed by atoms with Crippen molar-refractivity contribution >= 4 is 38.9 Å². The van der Waals surface area contributed by atoms with Gasteiger partial charge in [0.2, 0.25) is 0 Å².